The Kier molecular flexibility index (Phi) is 4.20. The molecule has 1 rings (SSSR count). The average molecular weight is 294 g/mol. The van der Waals surface area contributed by atoms with Gasteiger partial charge in [0.2, 0.25) is 0 Å². The number of amides is 1. The lowest BCUT2D eigenvalue weighted by Crippen LogP contribution is -2.24. The van der Waals surface area contributed by atoms with Gasteiger partial charge in [-0.25, -0.2) is 0 Å². The van der Waals surface area contributed by atoms with Gasteiger partial charge < -0.3 is 9.84 Å². The molecule has 13 heavy (non-hydrogen) atoms. The Morgan fingerprint density at radius 3 is 3.08 bits per heavy atom. The fourth-order valence-electron chi connectivity index (χ4n) is 0.833. The van der Waals surface area contributed by atoms with Crippen LogP contribution in [0, 0.1) is 6.92 Å². The molecule has 5 heteroatoms. The van der Waals surface area contributed by atoms with E-state index >= 15 is 0 Å². The summed E-state index contributed by atoms with van der Waals surface area (Å²) >= 11 is 2.27. The van der Waals surface area contributed by atoms with Crippen LogP contribution in [0.2, 0.25) is 0 Å². The van der Waals surface area contributed by atoms with Crippen molar-refractivity contribution < 1.29 is 9.32 Å². The van der Waals surface area contributed by atoms with Gasteiger partial charge in [-0.2, -0.15) is 0 Å². The van der Waals surface area contributed by atoms with Gasteiger partial charge in [0.05, 0.1) is 0 Å². The minimum Gasteiger partial charge on any atom is -0.361 e. The van der Waals surface area contributed by atoms with Gasteiger partial charge in [0, 0.05) is 17.0 Å². The van der Waals surface area contributed by atoms with Crippen molar-refractivity contribution in [2.24, 2.45) is 0 Å². The molecule has 1 N–H and O–H groups in total. The number of hydrogen-bond donors (Lipinski definition) is 1. The topological polar surface area (TPSA) is 55.1 Å². The maximum Gasteiger partial charge on any atom is 0.273 e. The number of hydrogen-bond acceptors (Lipinski definition) is 3. The molecular formula is C8H11IN2O2. The molecule has 1 amide bonds. The maximum absolute atomic E-state index is 11.3. The number of carbonyl (C=O) groups excluding carboxylic acids is 1. The average Bonchev–Trinajstić information content (AvgIpc) is 2.52. The number of alkyl halides is 1. The van der Waals surface area contributed by atoms with E-state index in [1.807, 2.05) is 0 Å². The molecule has 1 aromatic heterocycles. The van der Waals surface area contributed by atoms with Crippen molar-refractivity contribution in [3.63, 3.8) is 0 Å². The summed E-state index contributed by atoms with van der Waals surface area (Å²) in [7, 11) is 0. The fourth-order valence-corrected chi connectivity index (χ4v) is 1.21. The van der Waals surface area contributed by atoms with E-state index < -0.39 is 0 Å². The molecule has 0 radical (unpaired) electrons. The molecule has 0 aromatic carbocycles. The quantitative estimate of drug-likeness (QED) is 0.520. The second-order valence-corrected chi connectivity index (χ2v) is 3.70. The van der Waals surface area contributed by atoms with E-state index in [1.54, 1.807) is 13.0 Å². The number of rotatable bonds is 4. The number of nitrogens with one attached hydrogen (secondary N) is 1. The highest BCUT2D eigenvalue weighted by Gasteiger charge is 2.08. The van der Waals surface area contributed by atoms with Gasteiger partial charge in [0.15, 0.2) is 5.69 Å². The highest BCUT2D eigenvalue weighted by molar-refractivity contribution is 14.1. The van der Waals surface area contributed by atoms with E-state index in [2.05, 4.69) is 33.1 Å². The van der Waals surface area contributed by atoms with E-state index in [0.29, 0.717) is 18.0 Å². The molecule has 0 bridgehead atoms. The lowest BCUT2D eigenvalue weighted by molar-refractivity contribution is 0.0945. The smallest absolute Gasteiger partial charge is 0.273 e. The summed E-state index contributed by atoms with van der Waals surface area (Å²) < 4.78 is 5.82. The Labute approximate surface area is 90.2 Å². The summed E-state index contributed by atoms with van der Waals surface area (Å²) in [6.45, 7) is 2.45. The van der Waals surface area contributed by atoms with E-state index in [0.717, 1.165) is 10.8 Å². The Bertz CT molecular complexity index is 285. The first-order valence-electron chi connectivity index (χ1n) is 4.01. The minimum absolute atomic E-state index is 0.165. The zero-order chi connectivity index (χ0) is 9.68. The fraction of sp³-hybridized carbons (Fsp3) is 0.500. The standard InChI is InChI=1S/C8H11IN2O2/c1-6-5-7(11-13-6)8(12)10-4-2-3-9/h5H,2-4H2,1H3,(H,10,12). The molecule has 0 aliphatic rings. The molecule has 72 valence electrons. The van der Waals surface area contributed by atoms with Crippen molar-refractivity contribution in [3.05, 3.63) is 17.5 Å². The van der Waals surface area contributed by atoms with E-state index in [4.69, 9.17) is 4.52 Å². The third-order valence-electron chi connectivity index (χ3n) is 1.46. The minimum atomic E-state index is -0.165. The molecule has 4 nitrogen and oxygen atoms in total. The lowest BCUT2D eigenvalue weighted by atomic mass is 10.3. The normalized spacial score (nSPS) is 10.0. The van der Waals surface area contributed by atoms with Gasteiger partial charge in [-0.3, -0.25) is 4.79 Å². The van der Waals surface area contributed by atoms with Crippen LogP contribution in [0.15, 0.2) is 10.6 Å². The van der Waals surface area contributed by atoms with Crippen LogP contribution in [0.5, 0.6) is 0 Å². The molecule has 1 aromatic rings. The molecule has 0 fully saturated rings. The third-order valence-corrected chi connectivity index (χ3v) is 2.22. The van der Waals surface area contributed by atoms with Gasteiger partial charge in [-0.05, 0) is 13.3 Å². The van der Waals surface area contributed by atoms with Crippen LogP contribution < -0.4 is 5.32 Å². The molecule has 1 heterocycles. The first kappa shape index (κ1) is 10.5. The van der Waals surface area contributed by atoms with Gasteiger partial charge in [0.1, 0.15) is 5.76 Å². The van der Waals surface area contributed by atoms with E-state index in [9.17, 15) is 4.79 Å². The second kappa shape index (κ2) is 5.21. The van der Waals surface area contributed by atoms with E-state index in [-0.39, 0.29) is 5.91 Å². The SMILES string of the molecule is Cc1cc(C(=O)NCCCI)no1. The zero-order valence-corrected chi connectivity index (χ0v) is 9.50. The second-order valence-electron chi connectivity index (χ2n) is 2.62. The van der Waals surface area contributed by atoms with Crippen LogP contribution in [0.1, 0.15) is 22.7 Å². The Morgan fingerprint density at radius 2 is 2.54 bits per heavy atom. The predicted molar refractivity (Wildman–Crippen MR) is 57.1 cm³/mol. The summed E-state index contributed by atoms with van der Waals surface area (Å²) in [4.78, 5) is 11.3. The predicted octanol–water partition coefficient (Wildman–Crippen LogP) is 1.54. The Morgan fingerprint density at radius 1 is 1.77 bits per heavy atom. The van der Waals surface area contributed by atoms with E-state index in [1.165, 1.54) is 0 Å². The van der Waals surface area contributed by atoms with Crippen molar-refractivity contribution in [2.45, 2.75) is 13.3 Å². The summed E-state index contributed by atoms with van der Waals surface area (Å²) in [5.41, 5.74) is 0.353. The van der Waals surface area contributed by atoms with Crippen LogP contribution in [-0.2, 0) is 0 Å². The number of aryl methyl sites for hydroxylation is 1. The van der Waals surface area contributed by atoms with Crippen molar-refractivity contribution >= 4 is 28.5 Å². The van der Waals surface area contributed by atoms with Crippen LogP contribution in [0.3, 0.4) is 0 Å². The zero-order valence-electron chi connectivity index (χ0n) is 7.34. The van der Waals surface area contributed by atoms with Crippen molar-refractivity contribution in [1.29, 1.82) is 0 Å². The summed E-state index contributed by atoms with van der Waals surface area (Å²) in [5, 5.41) is 6.35. The monoisotopic (exact) mass is 294 g/mol. The van der Waals surface area contributed by atoms with Crippen molar-refractivity contribution in [1.82, 2.24) is 10.5 Å². The van der Waals surface area contributed by atoms with Crippen LogP contribution in [0.25, 0.3) is 0 Å². The van der Waals surface area contributed by atoms with Gasteiger partial charge >= 0.3 is 0 Å². The maximum atomic E-state index is 11.3. The number of halogens is 1. The largest absolute Gasteiger partial charge is 0.361 e. The highest BCUT2D eigenvalue weighted by Crippen LogP contribution is 2.00. The Hall–Kier alpha value is -0.590. The van der Waals surface area contributed by atoms with Crippen LogP contribution in [-0.4, -0.2) is 22.0 Å². The highest BCUT2D eigenvalue weighted by atomic mass is 127. The van der Waals surface area contributed by atoms with Crippen LogP contribution in [0.4, 0.5) is 0 Å². The molecule has 0 unspecified atom stereocenters. The number of carbonyl (C=O) groups is 1. The van der Waals surface area contributed by atoms with Gasteiger partial charge in [-0.1, -0.05) is 27.7 Å². The molecule has 0 saturated carbocycles. The molecule has 0 spiro atoms. The summed E-state index contributed by atoms with van der Waals surface area (Å²) in [6.07, 6.45) is 0.975. The lowest BCUT2D eigenvalue weighted by Gasteiger charge is -1.98. The number of aromatic nitrogens is 1. The Balaban J connectivity index is 2.40. The van der Waals surface area contributed by atoms with Crippen molar-refractivity contribution in [2.75, 3.05) is 11.0 Å². The third kappa shape index (κ3) is 3.33. The molecular weight excluding hydrogens is 283 g/mol. The molecule has 0 saturated heterocycles. The van der Waals surface area contributed by atoms with Crippen molar-refractivity contribution in [3.8, 4) is 0 Å². The van der Waals surface area contributed by atoms with Gasteiger partial charge in [0.25, 0.3) is 5.91 Å². The first-order chi connectivity index (χ1) is 6.24. The first-order valence-corrected chi connectivity index (χ1v) is 5.54. The molecule has 0 aliphatic carbocycles. The van der Waals surface area contributed by atoms with Gasteiger partial charge in [-0.15, -0.1) is 0 Å². The van der Waals surface area contributed by atoms with Crippen LogP contribution >= 0.6 is 22.6 Å². The summed E-state index contributed by atoms with van der Waals surface area (Å²) in [6, 6.07) is 1.62. The summed E-state index contributed by atoms with van der Waals surface area (Å²) in [5.74, 6) is 0.487. The number of nitrogens with zero attached hydrogens (tertiary/aromatic N) is 1. The molecule has 0 aliphatic heterocycles. The molecule has 0 atom stereocenters.